The predicted octanol–water partition coefficient (Wildman–Crippen LogP) is 4.16. The number of carbonyl (C=O) groups excluding carboxylic acids is 1. The highest BCUT2D eigenvalue weighted by molar-refractivity contribution is 5.66. The van der Waals surface area contributed by atoms with Crippen molar-refractivity contribution < 1.29 is 33.6 Å². The van der Waals surface area contributed by atoms with Crippen molar-refractivity contribution in [3.8, 4) is 0 Å². The number of fused-ring (bicyclic) bond motifs is 1. The van der Waals surface area contributed by atoms with Gasteiger partial charge in [0.1, 0.15) is 17.8 Å². The summed E-state index contributed by atoms with van der Waals surface area (Å²) in [7, 11) is 0. The molecule has 7 nitrogen and oxygen atoms in total. The van der Waals surface area contributed by atoms with Crippen LogP contribution in [0.5, 0.6) is 0 Å². The maximum Gasteiger partial charge on any atom is 0.303 e. The average molecular weight is 505 g/mol. The van der Waals surface area contributed by atoms with Crippen LogP contribution in [0.2, 0.25) is 0 Å². The van der Waals surface area contributed by atoms with Crippen LogP contribution in [0.1, 0.15) is 37.5 Å². The van der Waals surface area contributed by atoms with Crippen LogP contribution in [-0.2, 0) is 34.1 Å². The largest absolute Gasteiger partial charge is 0.457 e. The highest BCUT2D eigenvalue weighted by Gasteiger charge is 2.58. The molecule has 194 valence electrons. The van der Waals surface area contributed by atoms with E-state index < -0.39 is 48.1 Å². The molecule has 3 aromatic rings. The minimum atomic E-state index is -1.14. The smallest absolute Gasteiger partial charge is 0.303 e. The quantitative estimate of drug-likeness (QED) is 0.364. The molecule has 3 aromatic carbocycles. The van der Waals surface area contributed by atoms with Crippen LogP contribution >= 0.6 is 0 Å². The second kappa shape index (κ2) is 10.4. The van der Waals surface area contributed by atoms with Gasteiger partial charge in [-0.05, 0) is 30.5 Å². The first-order chi connectivity index (χ1) is 17.8. The summed E-state index contributed by atoms with van der Waals surface area (Å²) in [6.07, 6.45) is -4.29. The Balaban J connectivity index is 1.48. The van der Waals surface area contributed by atoms with Crippen LogP contribution in [0.3, 0.4) is 0 Å². The molecule has 0 amide bonds. The summed E-state index contributed by atoms with van der Waals surface area (Å²) in [5.74, 6) is -1.38. The van der Waals surface area contributed by atoms with E-state index in [0.29, 0.717) is 0 Å². The maximum absolute atomic E-state index is 11.9. The van der Waals surface area contributed by atoms with Gasteiger partial charge in [0.25, 0.3) is 0 Å². The number of hydrogen-bond acceptors (Lipinski definition) is 7. The summed E-state index contributed by atoms with van der Waals surface area (Å²) in [5.41, 5.74) is 1.72. The first kappa shape index (κ1) is 25.6. The van der Waals surface area contributed by atoms with E-state index in [-0.39, 0.29) is 6.61 Å². The first-order valence-electron chi connectivity index (χ1n) is 12.5. The molecule has 37 heavy (non-hydrogen) atoms. The predicted molar refractivity (Wildman–Crippen MR) is 135 cm³/mol. The molecule has 2 heterocycles. The van der Waals surface area contributed by atoms with Gasteiger partial charge in [-0.2, -0.15) is 0 Å². The normalized spacial score (nSPS) is 25.4. The summed E-state index contributed by atoms with van der Waals surface area (Å²) in [6, 6.07) is 29.7. The Hall–Kier alpha value is -3.07. The van der Waals surface area contributed by atoms with Crippen molar-refractivity contribution in [2.45, 2.75) is 62.9 Å². The van der Waals surface area contributed by atoms with Crippen LogP contribution in [0, 0.1) is 0 Å². The standard InChI is InChI=1S/C30H32O7/c1-20(31)34-26-25(35-28-27(26)36-29(2,3)37-28)24(32)19-33-30(21-13-7-4-8-14-21,22-15-9-5-10-16-22)23-17-11-6-12-18-23/h4-18,24-28,32H,19H2,1-3H3/t24-,25-,26+,27-,28-/m1/s1. The van der Waals surface area contributed by atoms with Gasteiger partial charge in [0.05, 0.1) is 6.61 Å². The number of esters is 1. The topological polar surface area (TPSA) is 83.5 Å². The van der Waals surface area contributed by atoms with Crippen molar-refractivity contribution in [1.29, 1.82) is 0 Å². The van der Waals surface area contributed by atoms with E-state index in [1.54, 1.807) is 13.8 Å². The number of carbonyl (C=O) groups is 1. The zero-order chi connectivity index (χ0) is 26.0. The van der Waals surface area contributed by atoms with Crippen LogP contribution in [0.4, 0.5) is 0 Å². The summed E-state index contributed by atoms with van der Waals surface area (Å²) in [4.78, 5) is 11.9. The van der Waals surface area contributed by atoms with E-state index in [2.05, 4.69) is 0 Å². The molecule has 5 rings (SSSR count). The van der Waals surface area contributed by atoms with E-state index in [4.69, 9.17) is 23.7 Å². The van der Waals surface area contributed by atoms with Gasteiger partial charge in [0, 0.05) is 6.92 Å². The van der Waals surface area contributed by atoms with Gasteiger partial charge >= 0.3 is 5.97 Å². The molecule has 7 heteroatoms. The van der Waals surface area contributed by atoms with Gasteiger partial charge in [-0.1, -0.05) is 91.0 Å². The Morgan fingerprint density at radius 1 is 0.892 bits per heavy atom. The van der Waals surface area contributed by atoms with Crippen LogP contribution < -0.4 is 0 Å². The lowest BCUT2D eigenvalue weighted by atomic mass is 9.80. The monoisotopic (exact) mass is 504 g/mol. The van der Waals surface area contributed by atoms with Gasteiger partial charge in [0.15, 0.2) is 24.3 Å². The Bertz CT molecular complexity index is 1090. The van der Waals surface area contributed by atoms with Crippen molar-refractivity contribution in [3.05, 3.63) is 108 Å². The lowest BCUT2D eigenvalue weighted by Crippen LogP contribution is -2.46. The zero-order valence-corrected chi connectivity index (χ0v) is 21.2. The van der Waals surface area contributed by atoms with Gasteiger partial charge in [-0.3, -0.25) is 4.79 Å². The van der Waals surface area contributed by atoms with Crippen molar-refractivity contribution in [1.82, 2.24) is 0 Å². The summed E-state index contributed by atoms with van der Waals surface area (Å²) >= 11 is 0. The Kier molecular flexibility index (Phi) is 7.16. The highest BCUT2D eigenvalue weighted by atomic mass is 16.8. The lowest BCUT2D eigenvalue weighted by molar-refractivity contribution is -0.233. The van der Waals surface area contributed by atoms with Crippen LogP contribution in [0.25, 0.3) is 0 Å². The molecule has 0 spiro atoms. The molecule has 0 unspecified atom stereocenters. The van der Waals surface area contributed by atoms with Gasteiger partial charge in [0.2, 0.25) is 0 Å². The minimum Gasteiger partial charge on any atom is -0.457 e. The summed E-state index contributed by atoms with van der Waals surface area (Å²) in [6.45, 7) is 4.74. The van der Waals surface area contributed by atoms with Crippen molar-refractivity contribution in [2.24, 2.45) is 0 Å². The van der Waals surface area contributed by atoms with Gasteiger partial charge in [-0.25, -0.2) is 0 Å². The third-order valence-corrected chi connectivity index (χ3v) is 6.72. The number of aliphatic hydroxyl groups is 1. The minimum absolute atomic E-state index is 0.107. The molecule has 0 bridgehead atoms. The first-order valence-corrected chi connectivity index (χ1v) is 12.5. The number of aliphatic hydroxyl groups excluding tert-OH is 1. The number of benzene rings is 3. The molecule has 2 fully saturated rings. The SMILES string of the molecule is CC(=O)O[C@@H]1[C@H]2OC(C)(C)O[C@H]2O[C@@H]1[C@H](O)COC(c1ccccc1)(c1ccccc1)c1ccccc1. The molecule has 0 saturated carbocycles. The number of hydrogen-bond donors (Lipinski definition) is 1. The van der Waals surface area contributed by atoms with E-state index >= 15 is 0 Å². The summed E-state index contributed by atoms with van der Waals surface area (Å²) in [5, 5.41) is 11.4. The number of ether oxygens (including phenoxy) is 5. The fourth-order valence-corrected chi connectivity index (χ4v) is 5.21. The average Bonchev–Trinajstić information content (AvgIpc) is 3.38. The molecule has 0 aliphatic carbocycles. The molecular weight excluding hydrogens is 472 g/mol. The second-order valence-corrected chi connectivity index (χ2v) is 9.80. The molecular formula is C30H32O7. The maximum atomic E-state index is 11.9. The molecule has 0 aromatic heterocycles. The Morgan fingerprint density at radius 2 is 1.38 bits per heavy atom. The third kappa shape index (κ3) is 5.06. The summed E-state index contributed by atoms with van der Waals surface area (Å²) < 4.78 is 30.1. The van der Waals surface area contributed by atoms with Crippen molar-refractivity contribution in [2.75, 3.05) is 6.61 Å². The number of rotatable bonds is 8. The fraction of sp³-hybridized carbons (Fsp3) is 0.367. The van der Waals surface area contributed by atoms with Crippen LogP contribution in [0.15, 0.2) is 91.0 Å². The fourth-order valence-electron chi connectivity index (χ4n) is 5.21. The molecule has 0 radical (unpaired) electrons. The van der Waals surface area contributed by atoms with E-state index in [1.165, 1.54) is 6.92 Å². The molecule has 2 aliphatic heterocycles. The molecule has 2 saturated heterocycles. The van der Waals surface area contributed by atoms with Gasteiger partial charge < -0.3 is 28.8 Å². The van der Waals surface area contributed by atoms with Crippen molar-refractivity contribution >= 4 is 5.97 Å². The lowest BCUT2D eigenvalue weighted by Gasteiger charge is -2.37. The zero-order valence-electron chi connectivity index (χ0n) is 21.2. The second-order valence-electron chi connectivity index (χ2n) is 9.80. The molecule has 5 atom stereocenters. The molecule has 2 aliphatic rings. The highest BCUT2D eigenvalue weighted by Crippen LogP contribution is 2.42. The van der Waals surface area contributed by atoms with E-state index in [9.17, 15) is 9.90 Å². The van der Waals surface area contributed by atoms with Crippen molar-refractivity contribution in [3.63, 3.8) is 0 Å². The molecule has 1 N–H and O–H groups in total. The van der Waals surface area contributed by atoms with Crippen LogP contribution in [-0.4, -0.2) is 54.2 Å². The van der Waals surface area contributed by atoms with Gasteiger partial charge in [-0.15, -0.1) is 0 Å². The Morgan fingerprint density at radius 3 is 1.84 bits per heavy atom. The van der Waals surface area contributed by atoms with E-state index in [1.807, 2.05) is 91.0 Å². The third-order valence-electron chi connectivity index (χ3n) is 6.72. The van der Waals surface area contributed by atoms with E-state index in [0.717, 1.165) is 16.7 Å². The Labute approximate surface area is 216 Å².